The van der Waals surface area contributed by atoms with Crippen LogP contribution in [-0.4, -0.2) is 49.6 Å². The Bertz CT molecular complexity index is 181. The predicted octanol–water partition coefficient (Wildman–Crippen LogP) is 2.84. The third-order valence-electron chi connectivity index (χ3n) is 4.13. The van der Waals surface area contributed by atoms with Crippen molar-refractivity contribution in [2.45, 2.75) is 46.5 Å². The van der Waals surface area contributed by atoms with Crippen LogP contribution in [0.2, 0.25) is 0 Å². The quantitative estimate of drug-likeness (QED) is 0.643. The Morgan fingerprint density at radius 1 is 1.00 bits per heavy atom. The minimum absolute atomic E-state index is 0.558. The van der Waals surface area contributed by atoms with E-state index in [-0.39, 0.29) is 0 Å². The van der Waals surface area contributed by atoms with Gasteiger partial charge in [-0.1, -0.05) is 33.6 Å². The third-order valence-corrected chi connectivity index (χ3v) is 4.13. The molecule has 1 saturated heterocycles. The molecule has 0 aliphatic carbocycles. The van der Waals surface area contributed by atoms with Crippen molar-refractivity contribution in [2.24, 2.45) is 5.41 Å². The minimum atomic E-state index is 0.558. The standard InChI is InChI=1S/C14H30N2/c1-5-14(2,3)8-6-7-9-16-12-10-15(4)11-13-16/h5-13H2,1-4H3. The van der Waals surface area contributed by atoms with Gasteiger partial charge in [-0.15, -0.1) is 0 Å². The highest BCUT2D eigenvalue weighted by molar-refractivity contribution is 4.70. The number of rotatable bonds is 6. The average molecular weight is 226 g/mol. The molecular weight excluding hydrogens is 196 g/mol. The maximum absolute atomic E-state index is 2.62. The highest BCUT2D eigenvalue weighted by Gasteiger charge is 2.16. The van der Waals surface area contributed by atoms with Crippen molar-refractivity contribution in [3.8, 4) is 0 Å². The summed E-state index contributed by atoms with van der Waals surface area (Å²) >= 11 is 0. The predicted molar refractivity (Wildman–Crippen MR) is 71.9 cm³/mol. The summed E-state index contributed by atoms with van der Waals surface area (Å²) < 4.78 is 0. The Morgan fingerprint density at radius 3 is 2.19 bits per heavy atom. The van der Waals surface area contributed by atoms with Gasteiger partial charge in [-0.2, -0.15) is 0 Å². The molecule has 0 unspecified atom stereocenters. The highest BCUT2D eigenvalue weighted by atomic mass is 15.2. The van der Waals surface area contributed by atoms with E-state index < -0.39 is 0 Å². The van der Waals surface area contributed by atoms with Gasteiger partial charge in [0.15, 0.2) is 0 Å². The minimum Gasteiger partial charge on any atom is -0.304 e. The van der Waals surface area contributed by atoms with Crippen molar-refractivity contribution in [1.82, 2.24) is 9.80 Å². The summed E-state index contributed by atoms with van der Waals surface area (Å²) in [6.07, 6.45) is 5.47. The first-order chi connectivity index (χ1) is 7.53. The number of unbranched alkanes of at least 4 members (excludes halogenated alkanes) is 1. The van der Waals surface area contributed by atoms with Gasteiger partial charge in [0.1, 0.15) is 0 Å². The van der Waals surface area contributed by atoms with E-state index in [1.54, 1.807) is 0 Å². The van der Waals surface area contributed by atoms with Crippen LogP contribution in [0.5, 0.6) is 0 Å². The smallest absolute Gasteiger partial charge is 0.0110 e. The van der Waals surface area contributed by atoms with Crippen molar-refractivity contribution in [3.63, 3.8) is 0 Å². The Labute approximate surface area is 102 Å². The molecule has 0 atom stereocenters. The van der Waals surface area contributed by atoms with E-state index in [2.05, 4.69) is 37.6 Å². The molecule has 1 heterocycles. The van der Waals surface area contributed by atoms with Crippen LogP contribution in [0.1, 0.15) is 46.5 Å². The Kier molecular flexibility index (Phi) is 5.77. The second kappa shape index (κ2) is 6.61. The Hall–Kier alpha value is -0.0800. The van der Waals surface area contributed by atoms with Gasteiger partial charge in [-0.25, -0.2) is 0 Å². The molecule has 16 heavy (non-hydrogen) atoms. The van der Waals surface area contributed by atoms with E-state index in [1.807, 2.05) is 0 Å². The first-order valence-electron chi connectivity index (χ1n) is 6.94. The normalized spacial score (nSPS) is 20.2. The summed E-state index contributed by atoms with van der Waals surface area (Å²) in [7, 11) is 2.22. The van der Waals surface area contributed by atoms with Crippen molar-refractivity contribution in [1.29, 1.82) is 0 Å². The molecule has 0 spiro atoms. The first kappa shape index (κ1) is 14.0. The molecule has 0 N–H and O–H groups in total. The zero-order chi connectivity index (χ0) is 12.0. The second-order valence-corrected chi connectivity index (χ2v) is 6.12. The van der Waals surface area contributed by atoms with Crippen LogP contribution in [-0.2, 0) is 0 Å². The molecular formula is C14H30N2. The number of nitrogens with zero attached hydrogens (tertiary/aromatic N) is 2. The summed E-state index contributed by atoms with van der Waals surface area (Å²) in [6, 6.07) is 0. The molecule has 0 aromatic heterocycles. The monoisotopic (exact) mass is 226 g/mol. The first-order valence-corrected chi connectivity index (χ1v) is 6.94. The molecule has 2 heteroatoms. The van der Waals surface area contributed by atoms with E-state index in [9.17, 15) is 0 Å². The van der Waals surface area contributed by atoms with Gasteiger partial charge in [-0.3, -0.25) is 0 Å². The van der Waals surface area contributed by atoms with E-state index in [0.29, 0.717) is 5.41 Å². The maximum Gasteiger partial charge on any atom is 0.0110 e. The number of likely N-dealkylation sites (N-methyl/N-ethyl adjacent to an activating group) is 1. The fourth-order valence-corrected chi connectivity index (χ4v) is 2.19. The molecule has 0 bridgehead atoms. The highest BCUT2D eigenvalue weighted by Crippen LogP contribution is 2.26. The van der Waals surface area contributed by atoms with Crippen LogP contribution >= 0.6 is 0 Å². The molecule has 96 valence electrons. The maximum atomic E-state index is 2.62. The van der Waals surface area contributed by atoms with Crippen LogP contribution in [0.15, 0.2) is 0 Å². The molecule has 1 fully saturated rings. The molecule has 2 nitrogen and oxygen atoms in total. The zero-order valence-corrected chi connectivity index (χ0v) is 11.8. The van der Waals surface area contributed by atoms with Gasteiger partial charge in [0, 0.05) is 26.2 Å². The van der Waals surface area contributed by atoms with Gasteiger partial charge in [-0.05, 0) is 31.8 Å². The van der Waals surface area contributed by atoms with Crippen LogP contribution in [0.4, 0.5) is 0 Å². The van der Waals surface area contributed by atoms with Crippen molar-refractivity contribution >= 4 is 0 Å². The Morgan fingerprint density at radius 2 is 1.62 bits per heavy atom. The molecule has 1 rings (SSSR count). The number of hydrogen-bond donors (Lipinski definition) is 0. The van der Waals surface area contributed by atoms with Crippen molar-refractivity contribution in [2.75, 3.05) is 39.8 Å². The van der Waals surface area contributed by atoms with Gasteiger partial charge >= 0.3 is 0 Å². The van der Waals surface area contributed by atoms with E-state index in [1.165, 1.54) is 58.4 Å². The lowest BCUT2D eigenvalue weighted by Crippen LogP contribution is -2.44. The van der Waals surface area contributed by atoms with Crippen LogP contribution in [0.3, 0.4) is 0 Å². The number of hydrogen-bond acceptors (Lipinski definition) is 2. The lowest BCUT2D eigenvalue weighted by Gasteiger charge is -2.32. The molecule has 0 saturated carbocycles. The topological polar surface area (TPSA) is 6.48 Å². The van der Waals surface area contributed by atoms with Crippen LogP contribution in [0.25, 0.3) is 0 Å². The third kappa shape index (κ3) is 5.31. The summed E-state index contributed by atoms with van der Waals surface area (Å²) in [6.45, 7) is 13.4. The molecule has 0 aromatic carbocycles. The van der Waals surface area contributed by atoms with E-state index >= 15 is 0 Å². The van der Waals surface area contributed by atoms with Gasteiger partial charge in [0.25, 0.3) is 0 Å². The van der Waals surface area contributed by atoms with Crippen LogP contribution < -0.4 is 0 Å². The number of piperazine rings is 1. The van der Waals surface area contributed by atoms with Crippen LogP contribution in [0, 0.1) is 5.41 Å². The SMILES string of the molecule is CCC(C)(C)CCCCN1CCN(C)CC1. The fourth-order valence-electron chi connectivity index (χ4n) is 2.19. The average Bonchev–Trinajstić information content (AvgIpc) is 2.27. The molecule has 0 amide bonds. The van der Waals surface area contributed by atoms with Gasteiger partial charge in [0.05, 0.1) is 0 Å². The van der Waals surface area contributed by atoms with E-state index in [0.717, 1.165) is 0 Å². The second-order valence-electron chi connectivity index (χ2n) is 6.12. The molecule has 1 aliphatic heterocycles. The Balaban J connectivity index is 2.03. The summed E-state index contributed by atoms with van der Waals surface area (Å²) in [5.41, 5.74) is 0.558. The summed E-state index contributed by atoms with van der Waals surface area (Å²) in [4.78, 5) is 5.05. The van der Waals surface area contributed by atoms with E-state index in [4.69, 9.17) is 0 Å². The molecule has 1 aliphatic rings. The van der Waals surface area contributed by atoms with Gasteiger partial charge in [0.2, 0.25) is 0 Å². The largest absolute Gasteiger partial charge is 0.304 e. The lowest BCUT2D eigenvalue weighted by molar-refractivity contribution is 0.150. The molecule has 0 aromatic rings. The van der Waals surface area contributed by atoms with Gasteiger partial charge < -0.3 is 9.80 Å². The van der Waals surface area contributed by atoms with Crippen molar-refractivity contribution < 1.29 is 0 Å². The molecule has 0 radical (unpaired) electrons. The fraction of sp³-hybridized carbons (Fsp3) is 1.00. The lowest BCUT2D eigenvalue weighted by atomic mass is 9.85. The van der Waals surface area contributed by atoms with Crippen molar-refractivity contribution in [3.05, 3.63) is 0 Å². The zero-order valence-electron chi connectivity index (χ0n) is 11.8. The summed E-state index contributed by atoms with van der Waals surface area (Å²) in [5, 5.41) is 0. The summed E-state index contributed by atoms with van der Waals surface area (Å²) in [5.74, 6) is 0.